The van der Waals surface area contributed by atoms with E-state index in [-0.39, 0.29) is 29.8 Å². The molecular formula is C17H24O4Se. The van der Waals surface area contributed by atoms with E-state index in [4.69, 9.17) is 18.9 Å². The van der Waals surface area contributed by atoms with E-state index in [1.54, 1.807) is 7.11 Å². The topological polar surface area (TPSA) is 36.9 Å². The molecule has 0 aliphatic carbocycles. The van der Waals surface area contributed by atoms with Gasteiger partial charge in [-0.05, 0) is 0 Å². The van der Waals surface area contributed by atoms with Crippen molar-refractivity contribution in [2.45, 2.75) is 43.6 Å². The summed E-state index contributed by atoms with van der Waals surface area (Å²) in [7, 11) is 1.77. The molecule has 2 fully saturated rings. The van der Waals surface area contributed by atoms with Gasteiger partial charge in [-0.2, -0.15) is 0 Å². The summed E-state index contributed by atoms with van der Waals surface area (Å²) in [6.07, 6.45) is 0.133. The van der Waals surface area contributed by atoms with Gasteiger partial charge in [0.1, 0.15) is 0 Å². The molecule has 3 rings (SSSR count). The standard InChI is InChI=1S/C17H24O4Se/c1-17(2)14(10-22-12-7-5-4-6-8-12)21-13-9-19-11-20-15(13)16(17)18-3/h4-8,13-16H,9-11H2,1-3H3/t13-,14-,15+,16-/m1/s1. The molecule has 1 aromatic carbocycles. The van der Waals surface area contributed by atoms with Gasteiger partial charge in [-0.3, -0.25) is 0 Å². The minimum absolute atomic E-state index is 0.0247. The van der Waals surface area contributed by atoms with E-state index in [9.17, 15) is 0 Å². The fourth-order valence-corrected chi connectivity index (χ4v) is 5.79. The number of rotatable bonds is 4. The molecular weight excluding hydrogens is 347 g/mol. The van der Waals surface area contributed by atoms with Crippen molar-refractivity contribution in [1.29, 1.82) is 0 Å². The summed E-state index contributed by atoms with van der Waals surface area (Å²) in [6, 6.07) is 10.6. The second-order valence-corrected chi connectivity index (χ2v) is 8.68. The summed E-state index contributed by atoms with van der Waals surface area (Å²) < 4.78 is 24.7. The molecule has 122 valence electrons. The Labute approximate surface area is 138 Å². The molecule has 2 heterocycles. The van der Waals surface area contributed by atoms with Crippen molar-refractivity contribution in [3.8, 4) is 0 Å². The zero-order valence-corrected chi connectivity index (χ0v) is 15.1. The molecule has 0 amide bonds. The summed E-state index contributed by atoms with van der Waals surface area (Å²) in [6.45, 7) is 5.37. The summed E-state index contributed by atoms with van der Waals surface area (Å²) in [5.74, 6) is 0. The molecule has 0 saturated carbocycles. The second-order valence-electron chi connectivity index (χ2n) is 6.38. The van der Waals surface area contributed by atoms with Gasteiger partial charge in [0.15, 0.2) is 0 Å². The first-order chi connectivity index (χ1) is 10.6. The third-order valence-electron chi connectivity index (χ3n) is 4.59. The molecule has 0 spiro atoms. The van der Waals surface area contributed by atoms with Gasteiger partial charge in [0.05, 0.1) is 0 Å². The third-order valence-corrected chi connectivity index (χ3v) is 6.85. The maximum absolute atomic E-state index is 6.35. The SMILES string of the molecule is CO[C@@H]1[C@H]2OCOC[C@H]2O[C@H](C[Se]c2ccccc2)C1(C)C. The number of benzene rings is 1. The van der Waals surface area contributed by atoms with E-state index in [0.29, 0.717) is 28.4 Å². The van der Waals surface area contributed by atoms with Crippen LogP contribution in [0.5, 0.6) is 0 Å². The Morgan fingerprint density at radius 1 is 1.27 bits per heavy atom. The zero-order valence-electron chi connectivity index (χ0n) is 13.4. The van der Waals surface area contributed by atoms with E-state index in [1.165, 1.54) is 4.46 Å². The quantitative estimate of drug-likeness (QED) is 0.754. The Morgan fingerprint density at radius 3 is 2.77 bits per heavy atom. The summed E-state index contributed by atoms with van der Waals surface area (Å²) in [5, 5.41) is 1.03. The predicted molar refractivity (Wildman–Crippen MR) is 85.6 cm³/mol. The summed E-state index contributed by atoms with van der Waals surface area (Å²) in [4.78, 5) is 0. The van der Waals surface area contributed by atoms with Crippen molar-refractivity contribution in [3.63, 3.8) is 0 Å². The molecule has 5 heteroatoms. The number of fused-ring (bicyclic) bond motifs is 1. The molecule has 2 saturated heterocycles. The van der Waals surface area contributed by atoms with Crippen LogP contribution in [0.4, 0.5) is 0 Å². The van der Waals surface area contributed by atoms with Gasteiger partial charge >= 0.3 is 138 Å². The van der Waals surface area contributed by atoms with Crippen LogP contribution in [0.3, 0.4) is 0 Å². The number of ether oxygens (including phenoxy) is 4. The van der Waals surface area contributed by atoms with Crippen molar-refractivity contribution in [2.24, 2.45) is 5.41 Å². The molecule has 4 nitrogen and oxygen atoms in total. The fraction of sp³-hybridized carbons (Fsp3) is 0.647. The van der Waals surface area contributed by atoms with Gasteiger partial charge in [-0.1, -0.05) is 0 Å². The molecule has 0 bridgehead atoms. The van der Waals surface area contributed by atoms with Gasteiger partial charge in [-0.15, -0.1) is 0 Å². The van der Waals surface area contributed by atoms with E-state index in [1.807, 2.05) is 0 Å². The van der Waals surface area contributed by atoms with Gasteiger partial charge in [0.25, 0.3) is 0 Å². The Balaban J connectivity index is 1.72. The molecule has 0 unspecified atom stereocenters. The van der Waals surface area contributed by atoms with Crippen LogP contribution in [0, 0.1) is 5.41 Å². The van der Waals surface area contributed by atoms with Crippen molar-refractivity contribution >= 4 is 19.4 Å². The summed E-state index contributed by atoms with van der Waals surface area (Å²) >= 11 is 0.394. The Kier molecular flexibility index (Phi) is 5.23. The van der Waals surface area contributed by atoms with Crippen LogP contribution in [0.25, 0.3) is 0 Å². The Bertz CT molecular complexity index is 479. The zero-order chi connectivity index (χ0) is 15.6. The molecule has 0 aromatic heterocycles. The molecule has 4 atom stereocenters. The van der Waals surface area contributed by atoms with Crippen LogP contribution >= 0.6 is 0 Å². The first-order valence-corrected chi connectivity index (χ1v) is 9.75. The monoisotopic (exact) mass is 372 g/mol. The minimum atomic E-state index is -0.0796. The van der Waals surface area contributed by atoms with E-state index in [0.717, 1.165) is 5.32 Å². The average Bonchev–Trinajstić information content (AvgIpc) is 2.53. The summed E-state index contributed by atoms with van der Waals surface area (Å²) in [5.41, 5.74) is -0.0796. The normalized spacial score (nSPS) is 34.1. The van der Waals surface area contributed by atoms with Gasteiger partial charge in [0.2, 0.25) is 0 Å². The van der Waals surface area contributed by atoms with Gasteiger partial charge in [-0.25, -0.2) is 0 Å². The molecule has 2 aliphatic rings. The second kappa shape index (κ2) is 7.00. The van der Waals surface area contributed by atoms with Crippen LogP contribution in [-0.4, -0.2) is 59.9 Å². The van der Waals surface area contributed by atoms with Crippen LogP contribution in [0.2, 0.25) is 5.32 Å². The van der Waals surface area contributed by atoms with Crippen LogP contribution < -0.4 is 4.46 Å². The number of hydrogen-bond acceptors (Lipinski definition) is 4. The molecule has 2 aliphatic heterocycles. The van der Waals surface area contributed by atoms with Crippen molar-refractivity contribution in [3.05, 3.63) is 30.3 Å². The molecule has 22 heavy (non-hydrogen) atoms. The first-order valence-electron chi connectivity index (χ1n) is 7.68. The fourth-order valence-electron chi connectivity index (χ4n) is 3.27. The number of hydrogen-bond donors (Lipinski definition) is 0. The molecule has 0 N–H and O–H groups in total. The van der Waals surface area contributed by atoms with E-state index < -0.39 is 0 Å². The van der Waals surface area contributed by atoms with Crippen LogP contribution in [-0.2, 0) is 18.9 Å². The molecule has 1 aromatic rings. The third kappa shape index (κ3) is 3.25. The van der Waals surface area contributed by atoms with Crippen molar-refractivity contribution in [2.75, 3.05) is 20.5 Å². The van der Waals surface area contributed by atoms with Gasteiger partial charge < -0.3 is 0 Å². The van der Waals surface area contributed by atoms with Crippen molar-refractivity contribution < 1.29 is 18.9 Å². The van der Waals surface area contributed by atoms with E-state index >= 15 is 0 Å². The maximum atomic E-state index is 6.35. The Hall–Kier alpha value is -0.421. The van der Waals surface area contributed by atoms with Crippen molar-refractivity contribution in [1.82, 2.24) is 0 Å². The molecule has 0 radical (unpaired) electrons. The van der Waals surface area contributed by atoms with Crippen LogP contribution in [0.1, 0.15) is 13.8 Å². The van der Waals surface area contributed by atoms with E-state index in [2.05, 4.69) is 44.2 Å². The number of methoxy groups -OCH3 is 1. The van der Waals surface area contributed by atoms with Crippen LogP contribution in [0.15, 0.2) is 30.3 Å². The Morgan fingerprint density at radius 2 is 2.05 bits per heavy atom. The average molecular weight is 371 g/mol. The van der Waals surface area contributed by atoms with Gasteiger partial charge in [0, 0.05) is 0 Å². The predicted octanol–water partition coefficient (Wildman–Crippen LogP) is 1.62. The first kappa shape index (κ1) is 16.4.